The largest absolute Gasteiger partial charge is 0.345 e. The Balaban J connectivity index is 2.80. The normalized spacial score (nSPS) is 21.8. The highest BCUT2D eigenvalue weighted by Crippen LogP contribution is 2.31. The number of hydrogen-bond donors (Lipinski definition) is 1. The summed E-state index contributed by atoms with van der Waals surface area (Å²) in [6.45, 7) is 7.36. The molecule has 5 heteroatoms. The molecule has 1 heterocycles. The molecular formula is C13H24N2O2S. The average molecular weight is 272 g/mol. The Morgan fingerprint density at radius 1 is 1.39 bits per heavy atom. The number of carbonyl (C=O) groups is 2. The Morgan fingerprint density at radius 3 is 2.50 bits per heavy atom. The van der Waals surface area contributed by atoms with Crippen LogP contribution in [0.15, 0.2) is 0 Å². The highest BCUT2D eigenvalue weighted by atomic mass is 32.2. The second-order valence-corrected chi connectivity index (χ2v) is 6.17. The van der Waals surface area contributed by atoms with Crippen LogP contribution in [0.25, 0.3) is 0 Å². The van der Waals surface area contributed by atoms with Gasteiger partial charge in [0.05, 0.1) is 0 Å². The molecule has 104 valence electrons. The van der Waals surface area contributed by atoms with E-state index in [9.17, 15) is 9.59 Å². The smallest absolute Gasteiger partial charge is 0.244 e. The molecule has 1 saturated heterocycles. The molecule has 0 aromatic rings. The van der Waals surface area contributed by atoms with Gasteiger partial charge in [-0.25, -0.2) is 0 Å². The van der Waals surface area contributed by atoms with Gasteiger partial charge in [0.25, 0.3) is 0 Å². The van der Waals surface area contributed by atoms with Gasteiger partial charge in [0.15, 0.2) is 0 Å². The summed E-state index contributed by atoms with van der Waals surface area (Å²) < 4.78 is 0.114. The third-order valence-corrected chi connectivity index (χ3v) is 5.44. The van der Waals surface area contributed by atoms with E-state index in [1.807, 2.05) is 16.7 Å². The molecule has 1 fully saturated rings. The van der Waals surface area contributed by atoms with Crippen molar-refractivity contribution in [1.82, 2.24) is 10.2 Å². The van der Waals surface area contributed by atoms with Crippen molar-refractivity contribution in [1.29, 1.82) is 0 Å². The SMILES string of the molecule is CCC(CC)(CN1CCC(=O)NC(C)C1=O)SC. The van der Waals surface area contributed by atoms with Crippen molar-refractivity contribution in [3.05, 3.63) is 0 Å². The lowest BCUT2D eigenvalue weighted by Crippen LogP contribution is -2.48. The van der Waals surface area contributed by atoms with Crippen molar-refractivity contribution in [3.63, 3.8) is 0 Å². The topological polar surface area (TPSA) is 49.4 Å². The molecule has 0 saturated carbocycles. The summed E-state index contributed by atoms with van der Waals surface area (Å²) in [6.07, 6.45) is 4.57. The summed E-state index contributed by atoms with van der Waals surface area (Å²) in [7, 11) is 0. The fourth-order valence-electron chi connectivity index (χ4n) is 2.33. The molecule has 0 aliphatic carbocycles. The van der Waals surface area contributed by atoms with Crippen LogP contribution >= 0.6 is 11.8 Å². The fraction of sp³-hybridized carbons (Fsp3) is 0.846. The number of carbonyl (C=O) groups excluding carboxylic acids is 2. The van der Waals surface area contributed by atoms with Crippen molar-refractivity contribution in [2.45, 2.75) is 50.8 Å². The van der Waals surface area contributed by atoms with E-state index in [2.05, 4.69) is 25.4 Å². The fourth-order valence-corrected chi connectivity index (χ4v) is 3.19. The van der Waals surface area contributed by atoms with Crippen molar-refractivity contribution >= 4 is 23.6 Å². The predicted molar refractivity (Wildman–Crippen MR) is 75.6 cm³/mol. The lowest BCUT2D eigenvalue weighted by atomic mass is 10.0. The van der Waals surface area contributed by atoms with E-state index in [0.717, 1.165) is 19.4 Å². The van der Waals surface area contributed by atoms with Crippen LogP contribution in [-0.2, 0) is 9.59 Å². The second-order valence-electron chi connectivity index (χ2n) is 4.89. The zero-order chi connectivity index (χ0) is 13.8. The molecule has 1 unspecified atom stereocenters. The lowest BCUT2D eigenvalue weighted by Gasteiger charge is -2.36. The number of nitrogens with one attached hydrogen (secondary N) is 1. The van der Waals surface area contributed by atoms with Gasteiger partial charge in [-0.05, 0) is 26.0 Å². The highest BCUT2D eigenvalue weighted by molar-refractivity contribution is 8.00. The van der Waals surface area contributed by atoms with Crippen LogP contribution in [0.2, 0.25) is 0 Å². The van der Waals surface area contributed by atoms with E-state index in [4.69, 9.17) is 0 Å². The third-order valence-electron chi connectivity index (χ3n) is 3.87. The summed E-state index contributed by atoms with van der Waals surface area (Å²) in [5, 5.41) is 2.72. The summed E-state index contributed by atoms with van der Waals surface area (Å²) in [4.78, 5) is 25.5. The summed E-state index contributed by atoms with van der Waals surface area (Å²) in [5.41, 5.74) is 0. The van der Waals surface area contributed by atoms with Crippen molar-refractivity contribution < 1.29 is 9.59 Å². The van der Waals surface area contributed by atoms with Gasteiger partial charge in [-0.2, -0.15) is 11.8 Å². The molecular weight excluding hydrogens is 248 g/mol. The second kappa shape index (κ2) is 6.45. The van der Waals surface area contributed by atoms with Crippen LogP contribution in [0.1, 0.15) is 40.0 Å². The van der Waals surface area contributed by atoms with Gasteiger partial charge in [0, 0.05) is 24.3 Å². The van der Waals surface area contributed by atoms with Gasteiger partial charge in [-0.1, -0.05) is 13.8 Å². The van der Waals surface area contributed by atoms with Gasteiger partial charge < -0.3 is 10.2 Å². The van der Waals surface area contributed by atoms with Crippen LogP contribution in [0.5, 0.6) is 0 Å². The van der Waals surface area contributed by atoms with Crippen LogP contribution in [-0.4, -0.2) is 46.8 Å². The van der Waals surface area contributed by atoms with Crippen molar-refractivity contribution in [3.8, 4) is 0 Å². The third kappa shape index (κ3) is 3.40. The number of thioether (sulfide) groups is 1. The molecule has 1 aliphatic heterocycles. The first-order valence-corrected chi connectivity index (χ1v) is 7.83. The maximum absolute atomic E-state index is 12.2. The molecule has 0 spiro atoms. The van der Waals surface area contributed by atoms with E-state index in [0.29, 0.717) is 13.0 Å². The molecule has 1 N–H and O–H groups in total. The van der Waals surface area contributed by atoms with E-state index < -0.39 is 6.04 Å². The van der Waals surface area contributed by atoms with E-state index in [1.165, 1.54) is 0 Å². The van der Waals surface area contributed by atoms with Crippen LogP contribution in [0.4, 0.5) is 0 Å². The number of amides is 2. The first kappa shape index (κ1) is 15.3. The zero-order valence-electron chi connectivity index (χ0n) is 11.8. The molecule has 1 rings (SSSR count). The Kier molecular flexibility index (Phi) is 5.50. The minimum atomic E-state index is -0.395. The van der Waals surface area contributed by atoms with Gasteiger partial charge in [-0.3, -0.25) is 9.59 Å². The molecule has 18 heavy (non-hydrogen) atoms. The van der Waals surface area contributed by atoms with E-state index >= 15 is 0 Å². The van der Waals surface area contributed by atoms with Crippen molar-refractivity contribution in [2.24, 2.45) is 0 Å². The molecule has 1 atom stereocenters. The minimum Gasteiger partial charge on any atom is -0.345 e. The number of rotatable bonds is 5. The molecule has 0 aromatic carbocycles. The van der Waals surface area contributed by atoms with Gasteiger partial charge in [-0.15, -0.1) is 0 Å². The van der Waals surface area contributed by atoms with Gasteiger partial charge in [0.2, 0.25) is 11.8 Å². The van der Waals surface area contributed by atoms with Gasteiger partial charge in [0.1, 0.15) is 6.04 Å². The van der Waals surface area contributed by atoms with Crippen LogP contribution in [0, 0.1) is 0 Å². The number of hydrogen-bond acceptors (Lipinski definition) is 3. The van der Waals surface area contributed by atoms with Crippen molar-refractivity contribution in [2.75, 3.05) is 19.3 Å². The molecule has 0 bridgehead atoms. The zero-order valence-corrected chi connectivity index (χ0v) is 12.6. The highest BCUT2D eigenvalue weighted by Gasteiger charge is 2.33. The summed E-state index contributed by atoms with van der Waals surface area (Å²) in [5.74, 6) is 0.0160. The van der Waals surface area contributed by atoms with Crippen LogP contribution in [0.3, 0.4) is 0 Å². The Labute approximate surface area is 114 Å². The lowest BCUT2D eigenvalue weighted by molar-refractivity contribution is -0.133. The first-order valence-electron chi connectivity index (χ1n) is 6.61. The maximum Gasteiger partial charge on any atom is 0.244 e. The molecule has 1 aliphatic rings. The quantitative estimate of drug-likeness (QED) is 0.828. The predicted octanol–water partition coefficient (Wildman–Crippen LogP) is 1.65. The summed E-state index contributed by atoms with van der Waals surface area (Å²) in [6, 6.07) is -0.395. The van der Waals surface area contributed by atoms with Gasteiger partial charge >= 0.3 is 0 Å². The minimum absolute atomic E-state index is 0.0268. The first-order chi connectivity index (χ1) is 8.48. The van der Waals surface area contributed by atoms with Crippen LogP contribution < -0.4 is 5.32 Å². The molecule has 2 amide bonds. The standard InChI is InChI=1S/C13H24N2O2S/c1-5-13(6-2,18-4)9-15-8-7-11(16)14-10(3)12(15)17/h10H,5-9H2,1-4H3,(H,14,16). The van der Waals surface area contributed by atoms with E-state index in [-0.39, 0.29) is 16.6 Å². The number of nitrogens with zero attached hydrogens (tertiary/aromatic N) is 1. The van der Waals surface area contributed by atoms with E-state index in [1.54, 1.807) is 6.92 Å². The molecule has 4 nitrogen and oxygen atoms in total. The average Bonchev–Trinajstić information content (AvgIpc) is 2.49. The Bertz CT molecular complexity index is 308. The maximum atomic E-state index is 12.2. The Hall–Kier alpha value is -0.710. The molecule has 0 aromatic heterocycles. The monoisotopic (exact) mass is 272 g/mol. The molecule has 0 radical (unpaired) electrons. The summed E-state index contributed by atoms with van der Waals surface area (Å²) >= 11 is 1.82. The Morgan fingerprint density at radius 2 is 2.00 bits per heavy atom.